The van der Waals surface area contributed by atoms with Crippen molar-refractivity contribution in [2.45, 2.75) is 26.1 Å². The van der Waals surface area contributed by atoms with E-state index in [1.807, 2.05) is 42.5 Å². The quantitative estimate of drug-likeness (QED) is 0.191. The van der Waals surface area contributed by atoms with Crippen LogP contribution in [-0.2, 0) is 26.1 Å². The average molecular weight is 607 g/mol. The summed E-state index contributed by atoms with van der Waals surface area (Å²) in [6.07, 6.45) is 2.63. The second-order valence-corrected chi connectivity index (χ2v) is 11.3. The van der Waals surface area contributed by atoms with E-state index in [2.05, 4.69) is 51.2 Å². The molecule has 0 radical (unpaired) electrons. The molecule has 8 heteroatoms. The van der Waals surface area contributed by atoms with E-state index in [1.54, 1.807) is 24.7 Å². The Morgan fingerprint density at radius 2 is 1.92 bits per heavy atom. The van der Waals surface area contributed by atoms with Gasteiger partial charge in [0.1, 0.15) is 17.7 Å². The summed E-state index contributed by atoms with van der Waals surface area (Å²) < 4.78 is 12.4. The third-order valence-electron chi connectivity index (χ3n) is 6.36. The summed E-state index contributed by atoms with van der Waals surface area (Å²) in [4.78, 5) is 8.38. The molecule has 0 fully saturated rings. The second-order valence-electron chi connectivity index (χ2n) is 8.95. The number of thiophene rings is 1. The number of hydrogen-bond donors (Lipinski definition) is 0. The maximum Gasteiger partial charge on any atom is 0.175 e. The lowest BCUT2D eigenvalue weighted by molar-refractivity contribution is 0.249. The molecule has 1 aliphatic rings. The SMILES string of the molecule is COc1cc(C=Nc2sc3c(c2C#N)CCN(Cc2ccccc2)C3)cc(Br)c1OCc1ccc(Cl)cc1. The van der Waals surface area contributed by atoms with Gasteiger partial charge in [0.05, 0.1) is 17.1 Å². The molecule has 0 atom stereocenters. The first-order valence-electron chi connectivity index (χ1n) is 12.1. The Kier molecular flexibility index (Phi) is 8.45. The van der Waals surface area contributed by atoms with Gasteiger partial charge in [0, 0.05) is 35.7 Å². The number of nitrogens with zero attached hydrogens (tertiary/aromatic N) is 3. The van der Waals surface area contributed by atoms with Crippen LogP contribution in [0.3, 0.4) is 0 Å². The van der Waals surface area contributed by atoms with E-state index in [0.717, 1.165) is 52.2 Å². The Bertz CT molecular complexity index is 1500. The predicted octanol–water partition coefficient (Wildman–Crippen LogP) is 7.93. The monoisotopic (exact) mass is 605 g/mol. The van der Waals surface area contributed by atoms with Gasteiger partial charge in [-0.05, 0) is 68.9 Å². The van der Waals surface area contributed by atoms with E-state index < -0.39 is 0 Å². The molecule has 38 heavy (non-hydrogen) atoms. The van der Waals surface area contributed by atoms with Gasteiger partial charge in [-0.2, -0.15) is 5.26 Å². The van der Waals surface area contributed by atoms with E-state index in [1.165, 1.54) is 10.4 Å². The highest BCUT2D eigenvalue weighted by atomic mass is 79.9. The second kappa shape index (κ2) is 12.1. The Morgan fingerprint density at radius 3 is 2.66 bits per heavy atom. The topological polar surface area (TPSA) is 57.8 Å². The van der Waals surface area contributed by atoms with Gasteiger partial charge in [0.15, 0.2) is 11.5 Å². The summed E-state index contributed by atoms with van der Waals surface area (Å²) in [5, 5.41) is 11.3. The van der Waals surface area contributed by atoms with Crippen molar-refractivity contribution >= 4 is 50.1 Å². The summed E-state index contributed by atoms with van der Waals surface area (Å²) in [6.45, 7) is 3.04. The first kappa shape index (κ1) is 26.5. The van der Waals surface area contributed by atoms with Gasteiger partial charge in [-0.25, -0.2) is 4.99 Å². The van der Waals surface area contributed by atoms with Crippen LogP contribution in [-0.4, -0.2) is 24.8 Å². The van der Waals surface area contributed by atoms with Crippen molar-refractivity contribution in [3.63, 3.8) is 0 Å². The molecule has 0 spiro atoms. The zero-order valence-corrected chi connectivity index (χ0v) is 23.9. The van der Waals surface area contributed by atoms with Gasteiger partial charge in [0.2, 0.25) is 0 Å². The molecule has 0 bridgehead atoms. The van der Waals surface area contributed by atoms with E-state index in [9.17, 15) is 5.26 Å². The molecule has 0 aliphatic carbocycles. The van der Waals surface area contributed by atoms with E-state index >= 15 is 0 Å². The molecule has 0 unspecified atom stereocenters. The maximum atomic E-state index is 9.91. The molecular formula is C30H25BrClN3O2S. The van der Waals surface area contributed by atoms with Crippen LogP contribution in [0.1, 0.15) is 32.7 Å². The minimum absolute atomic E-state index is 0.382. The molecule has 192 valence electrons. The van der Waals surface area contributed by atoms with Crippen LogP contribution in [0.5, 0.6) is 11.5 Å². The molecular weight excluding hydrogens is 582 g/mol. The predicted molar refractivity (Wildman–Crippen MR) is 157 cm³/mol. The normalized spacial score (nSPS) is 13.3. The molecule has 0 saturated heterocycles. The maximum absolute atomic E-state index is 9.91. The Hall–Kier alpha value is -3.15. The van der Waals surface area contributed by atoms with Crippen molar-refractivity contribution in [1.29, 1.82) is 5.26 Å². The summed E-state index contributed by atoms with van der Waals surface area (Å²) in [5.74, 6) is 1.21. The molecule has 5 rings (SSSR count). The van der Waals surface area contributed by atoms with Crippen LogP contribution in [0, 0.1) is 11.3 Å². The first-order chi connectivity index (χ1) is 18.5. The van der Waals surface area contributed by atoms with Gasteiger partial charge in [-0.15, -0.1) is 11.3 Å². The Labute approximate surface area is 240 Å². The highest BCUT2D eigenvalue weighted by Crippen LogP contribution is 2.40. The van der Waals surface area contributed by atoms with Gasteiger partial charge in [-0.1, -0.05) is 54.1 Å². The van der Waals surface area contributed by atoms with Crippen LogP contribution in [0.25, 0.3) is 0 Å². The molecule has 1 aromatic heterocycles. The molecule has 0 amide bonds. The highest BCUT2D eigenvalue weighted by molar-refractivity contribution is 9.10. The Morgan fingerprint density at radius 1 is 1.13 bits per heavy atom. The largest absolute Gasteiger partial charge is 0.493 e. The molecule has 4 aromatic rings. The number of hydrogen-bond acceptors (Lipinski definition) is 6. The lowest BCUT2D eigenvalue weighted by Gasteiger charge is -2.26. The number of halogens is 2. The smallest absolute Gasteiger partial charge is 0.175 e. The van der Waals surface area contributed by atoms with Crippen LogP contribution in [0.15, 0.2) is 76.2 Å². The Balaban J connectivity index is 1.32. The number of methoxy groups -OCH3 is 1. The molecule has 2 heterocycles. The van der Waals surface area contributed by atoms with Crippen molar-refractivity contribution in [2.24, 2.45) is 4.99 Å². The van der Waals surface area contributed by atoms with Crippen molar-refractivity contribution < 1.29 is 9.47 Å². The van der Waals surface area contributed by atoms with Crippen molar-refractivity contribution in [1.82, 2.24) is 4.90 Å². The van der Waals surface area contributed by atoms with Gasteiger partial charge in [0.25, 0.3) is 0 Å². The third-order valence-corrected chi connectivity index (χ3v) is 8.32. The fraction of sp³-hybridized carbons (Fsp3) is 0.200. The molecule has 3 aromatic carbocycles. The van der Waals surface area contributed by atoms with E-state index in [0.29, 0.717) is 28.7 Å². The lowest BCUT2D eigenvalue weighted by Crippen LogP contribution is -2.29. The van der Waals surface area contributed by atoms with Crippen LogP contribution >= 0.6 is 38.9 Å². The standard InChI is InChI=1S/C30H25BrClN3O2S/c1-36-27-14-22(13-26(31)29(27)37-19-21-7-9-23(32)10-8-21)16-34-30-25(15-33)24-11-12-35(18-28(24)38-30)17-20-5-3-2-4-6-20/h2-10,13-14,16H,11-12,17-19H2,1H3. The zero-order chi connectivity index (χ0) is 26.5. The number of benzene rings is 3. The summed E-state index contributed by atoms with van der Waals surface area (Å²) in [5.41, 5.74) is 4.97. The fourth-order valence-corrected chi connectivity index (χ4v) is 6.33. The number of ether oxygens (including phenoxy) is 2. The first-order valence-corrected chi connectivity index (χ1v) is 14.1. The minimum Gasteiger partial charge on any atom is -0.493 e. The van der Waals surface area contributed by atoms with Gasteiger partial charge in [-0.3, -0.25) is 4.90 Å². The van der Waals surface area contributed by atoms with Crippen LogP contribution in [0.2, 0.25) is 5.02 Å². The molecule has 0 N–H and O–H groups in total. The fourth-order valence-electron chi connectivity index (χ4n) is 4.45. The zero-order valence-electron chi connectivity index (χ0n) is 20.8. The number of nitriles is 1. The highest BCUT2D eigenvalue weighted by Gasteiger charge is 2.24. The van der Waals surface area contributed by atoms with Crippen molar-refractivity contribution in [3.05, 3.63) is 109 Å². The molecule has 5 nitrogen and oxygen atoms in total. The average Bonchev–Trinajstić information content (AvgIpc) is 3.29. The van der Waals surface area contributed by atoms with Crippen molar-refractivity contribution in [2.75, 3.05) is 13.7 Å². The van der Waals surface area contributed by atoms with E-state index in [-0.39, 0.29) is 0 Å². The summed E-state index contributed by atoms with van der Waals surface area (Å²) in [6, 6.07) is 24.2. The summed E-state index contributed by atoms with van der Waals surface area (Å²) >= 11 is 11.2. The number of fused-ring (bicyclic) bond motifs is 1. The lowest BCUT2D eigenvalue weighted by atomic mass is 10.0. The van der Waals surface area contributed by atoms with Crippen LogP contribution < -0.4 is 9.47 Å². The number of rotatable bonds is 8. The van der Waals surface area contributed by atoms with Gasteiger partial charge >= 0.3 is 0 Å². The minimum atomic E-state index is 0.382. The third kappa shape index (κ3) is 6.11. The van der Waals surface area contributed by atoms with Crippen molar-refractivity contribution in [3.8, 4) is 17.6 Å². The van der Waals surface area contributed by atoms with E-state index in [4.69, 9.17) is 26.1 Å². The summed E-state index contributed by atoms with van der Waals surface area (Å²) in [7, 11) is 1.61. The molecule has 1 aliphatic heterocycles. The number of aliphatic imine (C=N–C) groups is 1. The van der Waals surface area contributed by atoms with Crippen LogP contribution in [0.4, 0.5) is 5.00 Å². The van der Waals surface area contributed by atoms with Gasteiger partial charge < -0.3 is 9.47 Å². The molecule has 0 saturated carbocycles.